The summed E-state index contributed by atoms with van der Waals surface area (Å²) in [7, 11) is -1.67. The van der Waals surface area contributed by atoms with Crippen molar-refractivity contribution in [2.45, 2.75) is 39.5 Å². The zero-order chi connectivity index (χ0) is 12.4. The third kappa shape index (κ3) is 178. The second kappa shape index (κ2) is 38.6. The van der Waals surface area contributed by atoms with Gasteiger partial charge in [0.05, 0.1) is 0 Å². The molecule has 0 atom stereocenters. The van der Waals surface area contributed by atoms with E-state index in [1.165, 1.54) is 25.7 Å². The highest BCUT2D eigenvalue weighted by molar-refractivity contribution is 6.33. The number of hydrogen-bond donors (Lipinski definition) is 2. The molecule has 0 aliphatic heterocycles. The third-order valence-corrected chi connectivity index (χ3v) is 0.957. The summed E-state index contributed by atoms with van der Waals surface area (Å²) in [6, 6.07) is 0. The summed E-state index contributed by atoms with van der Waals surface area (Å²) in [4.78, 5) is 0. The zero-order valence-corrected chi connectivity index (χ0v) is 9.43. The molecule has 0 saturated carbocycles. The van der Waals surface area contributed by atoms with Crippen molar-refractivity contribution in [3.63, 3.8) is 0 Å². The minimum absolute atomic E-state index is 1.00. The summed E-state index contributed by atoms with van der Waals surface area (Å²) in [5.41, 5.74) is 0. The number of unbranched alkanes of at least 4 members (excludes halogenated alkanes) is 3. The first-order valence-electron chi connectivity index (χ1n) is 4.46. The second-order valence-corrected chi connectivity index (χ2v) is 1.95. The second-order valence-electron chi connectivity index (χ2n) is 1.95. The number of halogens is 3. The first kappa shape index (κ1) is 23.5. The lowest BCUT2D eigenvalue weighted by Gasteiger charge is -1.86. The molecule has 0 radical (unpaired) electrons. The van der Waals surface area contributed by atoms with Crippen LogP contribution in [-0.4, -0.2) is 32.0 Å². The minimum Gasteiger partial charge on any atom is -0.400 e. The summed E-state index contributed by atoms with van der Waals surface area (Å²) >= 11 is 0. The van der Waals surface area contributed by atoms with E-state index in [2.05, 4.69) is 13.8 Å². The number of hydrogen-bond acceptors (Lipinski definition) is 2. The predicted molar refractivity (Wildman–Crippen MR) is 55.2 cm³/mol. The Morgan fingerprint density at radius 1 is 0.786 bits per heavy atom. The Balaban J connectivity index is -0.0000000546. The van der Waals surface area contributed by atoms with Gasteiger partial charge in [-0.05, 0) is 0 Å². The van der Waals surface area contributed by atoms with Gasteiger partial charge in [0.15, 0.2) is 0 Å². The van der Waals surface area contributed by atoms with Gasteiger partial charge in [0.25, 0.3) is 0 Å². The largest absolute Gasteiger partial charge is 0.762 e. The van der Waals surface area contributed by atoms with Crippen LogP contribution in [0.25, 0.3) is 0 Å². The van der Waals surface area contributed by atoms with Crippen LogP contribution in [0.15, 0.2) is 0 Å². The van der Waals surface area contributed by atoms with Crippen molar-refractivity contribution in [2.24, 2.45) is 0 Å². The van der Waals surface area contributed by atoms with Crippen molar-refractivity contribution >= 4 is 7.54 Å². The van der Waals surface area contributed by atoms with Crippen molar-refractivity contribution in [1.29, 1.82) is 0 Å². The maximum atomic E-state index is 9.67. The van der Waals surface area contributed by atoms with E-state index in [-0.39, 0.29) is 0 Å². The Morgan fingerprint density at radius 3 is 1.00 bits per heavy atom. The van der Waals surface area contributed by atoms with E-state index < -0.39 is 7.54 Å². The van der Waals surface area contributed by atoms with Crippen LogP contribution in [0.1, 0.15) is 39.5 Å². The molecule has 0 aliphatic carbocycles. The summed E-state index contributed by atoms with van der Waals surface area (Å²) < 4.78 is 29.0. The molecule has 0 saturated heterocycles. The van der Waals surface area contributed by atoms with Crippen LogP contribution in [0.4, 0.5) is 12.9 Å². The normalized spacial score (nSPS) is 6.64. The van der Waals surface area contributed by atoms with Gasteiger partial charge in [-0.3, -0.25) is 12.9 Å². The van der Waals surface area contributed by atoms with Gasteiger partial charge in [-0.1, -0.05) is 39.5 Å². The van der Waals surface area contributed by atoms with Gasteiger partial charge in [-0.15, -0.1) is 0 Å². The van der Waals surface area contributed by atoms with Crippen molar-refractivity contribution in [3.05, 3.63) is 0 Å². The van der Waals surface area contributed by atoms with Crippen LogP contribution in [0.5, 0.6) is 0 Å². The number of rotatable bonds is 3. The maximum absolute atomic E-state index is 9.67. The highest BCUT2D eigenvalue weighted by Crippen LogP contribution is 1.95. The van der Waals surface area contributed by atoms with Crippen LogP contribution in [0, 0.1) is 0 Å². The zero-order valence-electron chi connectivity index (χ0n) is 9.43. The van der Waals surface area contributed by atoms with E-state index >= 15 is 0 Å². The molecule has 0 spiro atoms. The van der Waals surface area contributed by atoms with Gasteiger partial charge >= 0.3 is 7.54 Å². The smallest absolute Gasteiger partial charge is 0.400 e. The van der Waals surface area contributed by atoms with E-state index in [0.29, 0.717) is 0 Å². The summed E-state index contributed by atoms with van der Waals surface area (Å²) in [6.07, 6.45) is 5.54. The molecule has 6 heteroatoms. The summed E-state index contributed by atoms with van der Waals surface area (Å²) in [5.74, 6) is 0. The molecule has 0 aromatic rings. The maximum Gasteiger partial charge on any atom is 0.762 e. The van der Waals surface area contributed by atoms with Gasteiger partial charge < -0.3 is 10.2 Å². The highest BCUT2D eigenvalue weighted by atomic mass is 19.4. The predicted octanol–water partition coefficient (Wildman–Crippen LogP) is 2.68. The van der Waals surface area contributed by atoms with Gasteiger partial charge in [0.1, 0.15) is 0 Å². The summed E-state index contributed by atoms with van der Waals surface area (Å²) in [5, 5.41) is 14.0. The fraction of sp³-hybridized carbons (Fsp3) is 1.00. The number of aliphatic hydroxyl groups excluding tert-OH is 2. The molecule has 0 aromatic heterocycles. The Morgan fingerprint density at radius 2 is 0.929 bits per heavy atom. The Hall–Kier alpha value is -0.225. The van der Waals surface area contributed by atoms with Crippen molar-refractivity contribution in [2.75, 3.05) is 14.2 Å². The molecule has 0 aromatic carbocycles. The average molecular weight is 218 g/mol. The lowest BCUT2D eigenvalue weighted by Crippen LogP contribution is -1.76. The molecule has 2 nitrogen and oxygen atoms in total. The molecule has 0 aliphatic rings. The van der Waals surface area contributed by atoms with Crippen LogP contribution in [0.2, 0.25) is 0 Å². The van der Waals surface area contributed by atoms with E-state index in [4.69, 9.17) is 10.2 Å². The van der Waals surface area contributed by atoms with Crippen LogP contribution < -0.4 is 0 Å². The van der Waals surface area contributed by atoms with Crippen LogP contribution in [0.3, 0.4) is 0 Å². The lowest BCUT2D eigenvalue weighted by molar-refractivity contribution is 0.399. The van der Waals surface area contributed by atoms with Gasteiger partial charge in [-0.2, -0.15) is 0 Å². The molecule has 0 amide bonds. The van der Waals surface area contributed by atoms with Crippen LogP contribution in [-0.2, 0) is 0 Å². The molecule has 0 unspecified atom stereocenters. The molecule has 0 rings (SSSR count). The first-order valence-corrected chi connectivity index (χ1v) is 4.46. The van der Waals surface area contributed by atoms with E-state index in [1.54, 1.807) is 0 Å². The molecule has 0 fully saturated rings. The highest BCUT2D eigenvalue weighted by Gasteiger charge is 2.06. The Bertz CT molecular complexity index is 53.1. The third-order valence-electron chi connectivity index (χ3n) is 0.957. The summed E-state index contributed by atoms with van der Waals surface area (Å²) in [6.45, 7) is 4.46. The lowest BCUT2D eigenvalue weighted by atomic mass is 10.2. The molecule has 0 heterocycles. The average Bonchev–Trinajstić information content (AvgIpc) is 2.20. The van der Waals surface area contributed by atoms with Gasteiger partial charge in [0.2, 0.25) is 0 Å². The van der Waals surface area contributed by atoms with E-state index in [0.717, 1.165) is 14.2 Å². The first-order chi connectivity index (χ1) is 6.65. The minimum atomic E-state index is -3.67. The van der Waals surface area contributed by atoms with Gasteiger partial charge in [0, 0.05) is 14.2 Å². The van der Waals surface area contributed by atoms with Crippen LogP contribution >= 0.6 is 0 Å². The Kier molecular flexibility index (Phi) is 64.9. The molecule has 90 valence electrons. The Labute approximate surface area is 85.4 Å². The quantitative estimate of drug-likeness (QED) is 0.564. The molecular formula is C8H22BF3O2. The number of aliphatic hydroxyl groups is 2. The SMILES string of the molecule is CCCCCC.CO.CO.FB(F)F. The molecule has 14 heavy (non-hydrogen) atoms. The molecule has 2 N–H and O–H groups in total. The standard InChI is InChI=1S/C6H14.2CH4O.BF3/c1-3-5-6-4-2;2*1-2;2-1(3)4/h3-6H2,1-2H3;2*2H,1H3;. The van der Waals surface area contributed by atoms with Crippen molar-refractivity contribution < 1.29 is 23.2 Å². The molecule has 0 bridgehead atoms. The topological polar surface area (TPSA) is 40.5 Å². The van der Waals surface area contributed by atoms with Crippen molar-refractivity contribution in [1.82, 2.24) is 0 Å². The monoisotopic (exact) mass is 218 g/mol. The fourth-order valence-electron chi connectivity index (χ4n) is 0.500. The van der Waals surface area contributed by atoms with E-state index in [1.807, 2.05) is 0 Å². The fourth-order valence-corrected chi connectivity index (χ4v) is 0.500. The molecular weight excluding hydrogens is 196 g/mol. The van der Waals surface area contributed by atoms with E-state index in [9.17, 15) is 12.9 Å². The van der Waals surface area contributed by atoms with Crippen molar-refractivity contribution in [3.8, 4) is 0 Å². The van der Waals surface area contributed by atoms with Gasteiger partial charge in [-0.25, -0.2) is 0 Å².